The Kier molecular flexibility index (Phi) is 3.98. The quantitative estimate of drug-likeness (QED) is 0.610. The Hall–Kier alpha value is -0.700. The number of hydrogen-bond acceptors (Lipinski definition) is 1. The molecule has 104 valence electrons. The van der Waals surface area contributed by atoms with Gasteiger partial charge in [-0.05, 0) is 41.8 Å². The van der Waals surface area contributed by atoms with Crippen LogP contribution in [-0.4, -0.2) is 6.10 Å². The summed E-state index contributed by atoms with van der Waals surface area (Å²) in [5.41, 5.74) is 3.18. The largest absolute Gasteiger partial charge is 0.490 e. The van der Waals surface area contributed by atoms with E-state index in [1.807, 2.05) is 30.3 Å². The molecule has 3 rings (SSSR count). The highest BCUT2D eigenvalue weighted by atomic mass is 79.9. The third-order valence-electron chi connectivity index (χ3n) is 3.45. The number of alkyl halides is 1. The molecule has 2 aromatic carbocycles. The van der Waals surface area contributed by atoms with Crippen molar-refractivity contribution in [2.45, 2.75) is 24.8 Å². The predicted octanol–water partition coefficient (Wildman–Crippen LogP) is 5.75. The summed E-state index contributed by atoms with van der Waals surface area (Å²) in [4.78, 5) is 0. The lowest BCUT2D eigenvalue weighted by atomic mass is 10.0. The molecule has 1 aliphatic heterocycles. The zero-order valence-corrected chi connectivity index (χ0v) is 14.0. The Labute approximate surface area is 137 Å². The SMILES string of the molecule is CC1Cc2cc(C(Cl)c3ccc(Br)cc3Cl)ccc2O1. The molecule has 1 aliphatic rings. The predicted molar refractivity (Wildman–Crippen MR) is 87.1 cm³/mol. The van der Waals surface area contributed by atoms with Gasteiger partial charge in [0.15, 0.2) is 0 Å². The monoisotopic (exact) mass is 370 g/mol. The van der Waals surface area contributed by atoms with Crippen LogP contribution in [0.5, 0.6) is 5.75 Å². The Morgan fingerprint density at radius 2 is 2.05 bits per heavy atom. The first-order valence-corrected chi connectivity index (χ1v) is 8.04. The maximum absolute atomic E-state index is 6.59. The van der Waals surface area contributed by atoms with Crippen molar-refractivity contribution in [3.63, 3.8) is 0 Å². The number of benzene rings is 2. The minimum Gasteiger partial charge on any atom is -0.490 e. The third kappa shape index (κ3) is 2.69. The molecule has 2 aromatic rings. The fourth-order valence-electron chi connectivity index (χ4n) is 2.49. The number of halogens is 3. The van der Waals surface area contributed by atoms with Crippen molar-refractivity contribution in [2.24, 2.45) is 0 Å². The van der Waals surface area contributed by atoms with E-state index < -0.39 is 0 Å². The van der Waals surface area contributed by atoms with Gasteiger partial charge in [-0.25, -0.2) is 0 Å². The second kappa shape index (κ2) is 5.59. The average Bonchev–Trinajstić information content (AvgIpc) is 2.77. The van der Waals surface area contributed by atoms with Crippen molar-refractivity contribution < 1.29 is 4.74 Å². The van der Waals surface area contributed by atoms with Crippen LogP contribution in [0.25, 0.3) is 0 Å². The second-order valence-corrected chi connectivity index (χ2v) is 6.79. The van der Waals surface area contributed by atoms with E-state index in [1.165, 1.54) is 5.56 Å². The molecule has 0 radical (unpaired) electrons. The van der Waals surface area contributed by atoms with E-state index in [1.54, 1.807) is 0 Å². The Morgan fingerprint density at radius 3 is 2.80 bits per heavy atom. The first-order chi connectivity index (χ1) is 9.54. The van der Waals surface area contributed by atoms with Gasteiger partial charge >= 0.3 is 0 Å². The Balaban J connectivity index is 1.95. The minimum atomic E-state index is -0.253. The first-order valence-electron chi connectivity index (χ1n) is 6.43. The number of hydrogen-bond donors (Lipinski definition) is 0. The molecule has 1 heterocycles. The number of rotatable bonds is 2. The molecular formula is C16H13BrCl2O. The highest BCUT2D eigenvalue weighted by Crippen LogP contribution is 2.38. The summed E-state index contributed by atoms with van der Waals surface area (Å²) >= 11 is 16.3. The van der Waals surface area contributed by atoms with Crippen molar-refractivity contribution in [1.29, 1.82) is 0 Å². The van der Waals surface area contributed by atoms with Crippen LogP contribution in [0.15, 0.2) is 40.9 Å². The van der Waals surface area contributed by atoms with Gasteiger partial charge < -0.3 is 4.74 Å². The Bertz CT molecular complexity index is 657. The van der Waals surface area contributed by atoms with Crippen LogP contribution in [0.4, 0.5) is 0 Å². The topological polar surface area (TPSA) is 9.23 Å². The molecule has 0 aromatic heterocycles. The summed E-state index contributed by atoms with van der Waals surface area (Å²) in [6, 6.07) is 11.9. The summed E-state index contributed by atoms with van der Waals surface area (Å²) in [6.45, 7) is 2.07. The van der Waals surface area contributed by atoms with Crippen LogP contribution < -0.4 is 4.74 Å². The molecule has 2 unspecified atom stereocenters. The van der Waals surface area contributed by atoms with E-state index in [4.69, 9.17) is 27.9 Å². The molecule has 0 saturated heterocycles. The van der Waals surface area contributed by atoms with Crippen molar-refractivity contribution in [1.82, 2.24) is 0 Å². The van der Waals surface area contributed by atoms with E-state index in [0.717, 1.165) is 27.8 Å². The molecule has 0 amide bonds. The van der Waals surface area contributed by atoms with Gasteiger partial charge in [0.05, 0.1) is 5.38 Å². The average molecular weight is 372 g/mol. The lowest BCUT2D eigenvalue weighted by molar-refractivity contribution is 0.254. The van der Waals surface area contributed by atoms with Crippen LogP contribution in [-0.2, 0) is 6.42 Å². The smallest absolute Gasteiger partial charge is 0.123 e. The fraction of sp³-hybridized carbons (Fsp3) is 0.250. The highest BCUT2D eigenvalue weighted by molar-refractivity contribution is 9.10. The van der Waals surface area contributed by atoms with E-state index in [9.17, 15) is 0 Å². The highest BCUT2D eigenvalue weighted by Gasteiger charge is 2.21. The first kappa shape index (κ1) is 14.2. The summed E-state index contributed by atoms with van der Waals surface area (Å²) in [7, 11) is 0. The minimum absolute atomic E-state index is 0.241. The van der Waals surface area contributed by atoms with Crippen molar-refractivity contribution in [2.75, 3.05) is 0 Å². The zero-order chi connectivity index (χ0) is 14.3. The van der Waals surface area contributed by atoms with Crippen LogP contribution >= 0.6 is 39.1 Å². The second-order valence-electron chi connectivity index (χ2n) is 5.03. The van der Waals surface area contributed by atoms with Crippen LogP contribution in [0.3, 0.4) is 0 Å². The lowest BCUT2D eigenvalue weighted by Crippen LogP contribution is -2.05. The van der Waals surface area contributed by atoms with Crippen LogP contribution in [0.2, 0.25) is 5.02 Å². The van der Waals surface area contributed by atoms with Gasteiger partial charge in [-0.3, -0.25) is 0 Å². The summed E-state index contributed by atoms with van der Waals surface area (Å²) in [5, 5.41) is 0.418. The van der Waals surface area contributed by atoms with Crippen LogP contribution in [0.1, 0.15) is 29.0 Å². The molecule has 20 heavy (non-hydrogen) atoms. The summed E-state index contributed by atoms with van der Waals surface area (Å²) in [5.74, 6) is 0.965. The van der Waals surface area contributed by atoms with E-state index in [-0.39, 0.29) is 11.5 Å². The van der Waals surface area contributed by atoms with Gasteiger partial charge in [-0.1, -0.05) is 45.7 Å². The standard InChI is InChI=1S/C16H13BrCl2O/c1-9-6-11-7-10(2-5-15(11)20-9)16(19)13-4-3-12(17)8-14(13)18/h2-5,7-9,16H,6H2,1H3. The van der Waals surface area contributed by atoms with E-state index >= 15 is 0 Å². The number of fused-ring (bicyclic) bond motifs is 1. The van der Waals surface area contributed by atoms with Gasteiger partial charge in [0.25, 0.3) is 0 Å². The molecule has 0 bridgehead atoms. The van der Waals surface area contributed by atoms with Gasteiger partial charge in [0, 0.05) is 15.9 Å². The molecule has 0 saturated carbocycles. The van der Waals surface area contributed by atoms with Crippen molar-refractivity contribution in [3.05, 3.63) is 62.6 Å². The summed E-state index contributed by atoms with van der Waals surface area (Å²) < 4.78 is 6.66. The molecule has 4 heteroatoms. The fourth-order valence-corrected chi connectivity index (χ4v) is 3.65. The van der Waals surface area contributed by atoms with Crippen LogP contribution in [0, 0.1) is 0 Å². The third-order valence-corrected chi connectivity index (χ3v) is 4.76. The molecule has 1 nitrogen and oxygen atoms in total. The molecule has 2 atom stereocenters. The molecular weight excluding hydrogens is 359 g/mol. The van der Waals surface area contributed by atoms with E-state index in [2.05, 4.69) is 28.9 Å². The van der Waals surface area contributed by atoms with E-state index in [0.29, 0.717) is 5.02 Å². The molecule has 0 N–H and O–H groups in total. The van der Waals surface area contributed by atoms with Gasteiger partial charge in [-0.15, -0.1) is 11.6 Å². The zero-order valence-electron chi connectivity index (χ0n) is 10.9. The molecule has 0 aliphatic carbocycles. The number of ether oxygens (including phenoxy) is 1. The molecule has 0 spiro atoms. The lowest BCUT2D eigenvalue weighted by Gasteiger charge is -2.13. The van der Waals surface area contributed by atoms with Gasteiger partial charge in [0.1, 0.15) is 11.9 Å². The summed E-state index contributed by atoms with van der Waals surface area (Å²) in [6.07, 6.45) is 1.17. The normalized spacial score (nSPS) is 18.5. The molecule has 0 fully saturated rings. The Morgan fingerprint density at radius 1 is 1.25 bits per heavy atom. The van der Waals surface area contributed by atoms with Gasteiger partial charge in [-0.2, -0.15) is 0 Å². The maximum atomic E-state index is 6.59. The van der Waals surface area contributed by atoms with Gasteiger partial charge in [0.2, 0.25) is 0 Å². The van der Waals surface area contributed by atoms with Crippen molar-refractivity contribution >= 4 is 39.1 Å². The van der Waals surface area contributed by atoms with Crippen molar-refractivity contribution in [3.8, 4) is 5.75 Å². The maximum Gasteiger partial charge on any atom is 0.123 e.